The number of benzene rings is 2. The fourth-order valence-corrected chi connectivity index (χ4v) is 6.79. The van der Waals surface area contributed by atoms with Gasteiger partial charge in [-0.25, -0.2) is 20.5 Å². The van der Waals surface area contributed by atoms with Crippen LogP contribution in [0.2, 0.25) is 0 Å². The molecule has 2 fully saturated rings. The van der Waals surface area contributed by atoms with Crippen LogP contribution in [0.3, 0.4) is 0 Å². The normalized spacial score (nSPS) is 18.5. The molecule has 0 radical (unpaired) electrons. The molecule has 2 amide bonds. The summed E-state index contributed by atoms with van der Waals surface area (Å²) in [5.41, 5.74) is 4.11. The summed E-state index contributed by atoms with van der Waals surface area (Å²) >= 11 is 0. The average Bonchev–Trinajstić information content (AvgIpc) is 3.59. The Morgan fingerprint density at radius 2 is 1.80 bits per heavy atom. The maximum absolute atomic E-state index is 15.4. The van der Waals surface area contributed by atoms with Crippen LogP contribution in [-0.4, -0.2) is 74.9 Å². The third-order valence-electron chi connectivity index (χ3n) is 8.81. The molecule has 226 valence electrons. The molecule has 7 rings (SSSR count). The summed E-state index contributed by atoms with van der Waals surface area (Å²) in [5, 5.41) is 0. The maximum Gasteiger partial charge on any atom is 1.00 e. The number of carbonyl (C=O) groups excluding carboxylic acids is 3. The molecular formula is C32H34FLiN5O5-. The molecule has 10 nitrogen and oxygen atoms in total. The van der Waals surface area contributed by atoms with Crippen LogP contribution >= 0.6 is 0 Å². The number of imidazole rings is 1. The topological polar surface area (TPSA) is 118 Å². The zero-order valence-electron chi connectivity index (χ0n) is 25.5. The summed E-state index contributed by atoms with van der Waals surface area (Å²) in [6, 6.07) is 10.1. The van der Waals surface area contributed by atoms with Crippen molar-refractivity contribution in [1.82, 2.24) is 19.4 Å². The van der Waals surface area contributed by atoms with Crippen LogP contribution in [0.1, 0.15) is 60.5 Å². The second kappa shape index (κ2) is 11.4. The van der Waals surface area contributed by atoms with Crippen LogP contribution in [0, 0.1) is 11.2 Å². The summed E-state index contributed by atoms with van der Waals surface area (Å²) < 4.78 is 22.8. The van der Waals surface area contributed by atoms with Crippen molar-refractivity contribution in [2.75, 3.05) is 31.1 Å². The molecule has 4 aliphatic rings. The number of aryl methyl sites for hydroxylation is 1. The molecule has 3 aromatic rings. The van der Waals surface area contributed by atoms with Crippen molar-refractivity contribution >= 4 is 24.0 Å². The molecule has 12 heteroatoms. The molecule has 1 N–H and O–H groups in total. The van der Waals surface area contributed by atoms with Crippen molar-refractivity contribution in [2.24, 2.45) is 5.41 Å². The summed E-state index contributed by atoms with van der Waals surface area (Å²) in [6.45, 7) is 9.56. The first-order chi connectivity index (χ1) is 20.0. The minimum Gasteiger partial charge on any atom is -0.870 e. The first kappa shape index (κ1) is 31.8. The molecule has 1 spiro atoms. The number of fused-ring (bicyclic) bond motifs is 2. The van der Waals surface area contributed by atoms with Gasteiger partial charge < -0.3 is 34.3 Å². The molecule has 0 aliphatic carbocycles. The van der Waals surface area contributed by atoms with Gasteiger partial charge in [0.2, 0.25) is 0 Å². The molecule has 1 aromatic heterocycles. The van der Waals surface area contributed by atoms with Crippen molar-refractivity contribution in [3.63, 3.8) is 0 Å². The van der Waals surface area contributed by atoms with E-state index in [0.29, 0.717) is 29.9 Å². The number of halogens is 1. The Balaban J connectivity index is 0.00000192. The second-order valence-electron chi connectivity index (χ2n) is 13.1. The second-order valence-corrected chi connectivity index (χ2v) is 13.1. The summed E-state index contributed by atoms with van der Waals surface area (Å²) in [5.74, 6) is -0.853. The number of hydrogen-bond donors (Lipinski definition) is 0. The van der Waals surface area contributed by atoms with Crippen molar-refractivity contribution in [3.8, 4) is 11.1 Å². The minimum atomic E-state index is -0.965. The predicted octanol–water partition coefficient (Wildman–Crippen LogP) is 1.33. The number of likely N-dealkylation sites (tertiary alicyclic amines) is 1. The quantitative estimate of drug-likeness (QED) is 0.323. The SMILES string of the molecule is CC(C)(C)OC(=O)N1CC2(C1)CN(c1ccc(-c3cc(F)c4c(c3)C(=O)N(C([C-]=O)c3ncn5c3CCC5)C4)cc1)C2.[Li+].[OH-]. The maximum atomic E-state index is 15.4. The third-order valence-corrected chi connectivity index (χ3v) is 8.81. The van der Waals surface area contributed by atoms with Crippen molar-refractivity contribution in [1.29, 1.82) is 0 Å². The summed E-state index contributed by atoms with van der Waals surface area (Å²) in [7, 11) is 0. The van der Waals surface area contributed by atoms with Gasteiger partial charge in [-0.05, 0) is 75.0 Å². The third kappa shape index (κ3) is 5.31. The number of ether oxygens (including phenoxy) is 1. The zero-order valence-corrected chi connectivity index (χ0v) is 25.5. The van der Waals surface area contributed by atoms with Gasteiger partial charge in [0.1, 0.15) is 11.4 Å². The molecular weight excluding hydrogens is 560 g/mol. The van der Waals surface area contributed by atoms with E-state index in [9.17, 15) is 14.4 Å². The van der Waals surface area contributed by atoms with Crippen LogP contribution in [0.5, 0.6) is 0 Å². The Hall–Kier alpha value is -3.65. The van der Waals surface area contributed by atoms with E-state index in [-0.39, 0.29) is 53.9 Å². The van der Waals surface area contributed by atoms with Gasteiger partial charge in [0, 0.05) is 67.2 Å². The number of nitrogens with zero attached hydrogens (tertiary/aromatic N) is 5. The van der Waals surface area contributed by atoms with Crippen LogP contribution in [0.4, 0.5) is 14.9 Å². The molecule has 44 heavy (non-hydrogen) atoms. The monoisotopic (exact) mass is 594 g/mol. The zero-order chi connectivity index (χ0) is 29.4. The number of aromatic nitrogens is 2. The van der Waals surface area contributed by atoms with Crippen LogP contribution in [0.25, 0.3) is 11.1 Å². The van der Waals surface area contributed by atoms with Crippen molar-refractivity contribution in [2.45, 2.75) is 58.3 Å². The Morgan fingerprint density at radius 1 is 1.09 bits per heavy atom. The first-order valence-corrected chi connectivity index (χ1v) is 14.4. The van der Waals surface area contributed by atoms with Crippen LogP contribution in [0.15, 0.2) is 42.7 Å². The van der Waals surface area contributed by atoms with E-state index in [2.05, 4.69) is 9.88 Å². The Kier molecular flexibility index (Phi) is 8.21. The summed E-state index contributed by atoms with van der Waals surface area (Å²) in [6.07, 6.45) is 5.19. The van der Waals surface area contributed by atoms with E-state index in [1.807, 2.05) is 55.9 Å². The number of carbonyl (C=O) groups is 2. The van der Waals surface area contributed by atoms with Crippen molar-refractivity contribution in [3.05, 3.63) is 71.1 Å². The Bertz CT molecular complexity index is 1600. The van der Waals surface area contributed by atoms with E-state index in [4.69, 9.17) is 4.74 Å². The molecule has 2 aromatic carbocycles. The van der Waals surface area contributed by atoms with Crippen LogP contribution in [-0.2, 0) is 29.0 Å². The minimum absolute atomic E-state index is 0. The molecule has 0 saturated carbocycles. The summed E-state index contributed by atoms with van der Waals surface area (Å²) in [4.78, 5) is 47.6. The van der Waals surface area contributed by atoms with Gasteiger partial charge in [-0.15, -0.1) is 0 Å². The fraction of sp³-hybridized carbons (Fsp3) is 0.438. The van der Waals surface area contributed by atoms with Gasteiger partial charge in [0.25, 0.3) is 5.91 Å². The fourth-order valence-electron chi connectivity index (χ4n) is 6.79. The molecule has 1 unspecified atom stereocenters. The molecule has 2 saturated heterocycles. The van der Waals surface area contributed by atoms with E-state index in [1.54, 1.807) is 17.3 Å². The van der Waals surface area contributed by atoms with Gasteiger partial charge in [0.05, 0.1) is 12.0 Å². The van der Waals surface area contributed by atoms with Crippen molar-refractivity contribution < 1.29 is 47.8 Å². The van der Waals surface area contributed by atoms with Gasteiger partial charge in [0.15, 0.2) is 0 Å². The molecule has 4 aliphatic heterocycles. The molecule has 5 heterocycles. The first-order valence-electron chi connectivity index (χ1n) is 14.4. The van der Waals surface area contributed by atoms with E-state index >= 15 is 4.39 Å². The largest absolute Gasteiger partial charge is 1.00 e. The molecule has 1 atom stereocenters. The smallest absolute Gasteiger partial charge is 0.870 e. The number of hydrogen-bond acceptors (Lipinski definition) is 7. The van der Waals surface area contributed by atoms with Gasteiger partial charge >= 0.3 is 25.0 Å². The van der Waals surface area contributed by atoms with E-state index in [0.717, 1.165) is 49.4 Å². The van der Waals surface area contributed by atoms with E-state index in [1.165, 1.54) is 11.0 Å². The van der Waals surface area contributed by atoms with Gasteiger partial charge in [-0.1, -0.05) is 12.1 Å². The Labute approximate surface area is 267 Å². The predicted molar refractivity (Wildman–Crippen MR) is 155 cm³/mol. The number of anilines is 1. The number of rotatable bonds is 5. The Morgan fingerprint density at radius 3 is 2.45 bits per heavy atom. The molecule has 0 bridgehead atoms. The van der Waals surface area contributed by atoms with Crippen LogP contribution < -0.4 is 23.8 Å². The van der Waals surface area contributed by atoms with Gasteiger partial charge in [-0.2, -0.15) is 0 Å². The number of amides is 2. The average molecular weight is 595 g/mol. The van der Waals surface area contributed by atoms with E-state index < -0.39 is 17.5 Å². The van der Waals surface area contributed by atoms with Gasteiger partial charge in [-0.3, -0.25) is 4.79 Å². The standard InChI is InChI=1S/C32H33FN5O4.Li.H2O/c1-31(2,3)42-30(41)37-17-32(18-37)15-36(16-32)22-8-6-20(7-9-22)21-11-23-24(25(33)12-21)13-38(29(23)40)27(14-39)28-26-5-4-10-35(26)19-34-28;;/h6-9,11-12,19,27H,4-5,10,13,15-18H2,1-3H3;;1H2/q-1;+1;/p-1.